The van der Waals surface area contributed by atoms with Gasteiger partial charge in [0.2, 0.25) is 41.4 Å². The van der Waals surface area contributed by atoms with Crippen molar-refractivity contribution in [1.82, 2.24) is 37.2 Å². The Balaban J connectivity index is 2.64. The first-order valence-corrected chi connectivity index (χ1v) is 25.6. The number of hydrogen-bond donors (Lipinski definition) is 13. The number of rotatable bonds is 24. The molecular weight excluding hydrogens is 931 g/mol. The maximum Gasteiger partial charge on any atom is 0.243 e. The molecule has 2 rings (SSSR count). The van der Waals surface area contributed by atoms with E-state index in [1.54, 1.807) is 30.3 Å². The topological polar surface area (TPSA) is 382 Å². The lowest BCUT2D eigenvalue weighted by Crippen LogP contribution is -2.60. The van der Waals surface area contributed by atoms with Gasteiger partial charge in [-0.2, -0.15) is 0 Å². The molecular formula is C50H85N11O11. The Labute approximate surface area is 424 Å². The molecule has 1 heterocycles. The monoisotopic (exact) mass is 1020 g/mol. The summed E-state index contributed by atoms with van der Waals surface area (Å²) >= 11 is 0. The largest absolute Gasteiger partial charge is 0.393 e. The van der Waals surface area contributed by atoms with Crippen molar-refractivity contribution in [2.45, 2.75) is 172 Å². The minimum absolute atomic E-state index is 0.0000568. The average Bonchev–Trinajstić information content (AvgIpc) is 3.32. The number of amides is 7. The summed E-state index contributed by atoms with van der Waals surface area (Å²) in [6.07, 6.45) is 1.43. The predicted octanol–water partition coefficient (Wildman–Crippen LogP) is -1.65. The second kappa shape index (κ2) is 34.1. The lowest BCUT2D eigenvalue weighted by Gasteiger charge is -2.28. The van der Waals surface area contributed by atoms with E-state index < -0.39 is 120 Å². The number of aliphatic hydroxyl groups is 2. The van der Waals surface area contributed by atoms with Gasteiger partial charge in [-0.25, -0.2) is 0 Å². The van der Waals surface area contributed by atoms with Gasteiger partial charge in [0.25, 0.3) is 0 Å². The molecule has 0 radical (unpaired) electrons. The van der Waals surface area contributed by atoms with Gasteiger partial charge in [-0.1, -0.05) is 83.2 Å². The number of carbonyl (C=O) groups excluding carboxylic acids is 9. The van der Waals surface area contributed by atoms with E-state index in [-0.39, 0.29) is 89.2 Å². The zero-order chi connectivity index (χ0) is 53.8. The summed E-state index contributed by atoms with van der Waals surface area (Å²) < 4.78 is 0. The van der Waals surface area contributed by atoms with Gasteiger partial charge in [0, 0.05) is 44.7 Å². The van der Waals surface area contributed by atoms with Crippen molar-refractivity contribution in [3.05, 3.63) is 35.9 Å². The fraction of sp³-hybridized carbons (Fsp3) is 0.700. The second-order valence-corrected chi connectivity index (χ2v) is 19.3. The van der Waals surface area contributed by atoms with Crippen LogP contribution in [0.1, 0.15) is 123 Å². The molecule has 1 aliphatic rings. The highest BCUT2D eigenvalue weighted by atomic mass is 16.3. The van der Waals surface area contributed by atoms with Gasteiger partial charge < -0.3 is 70.4 Å². The van der Waals surface area contributed by atoms with Crippen molar-refractivity contribution < 1.29 is 53.4 Å². The van der Waals surface area contributed by atoms with Crippen molar-refractivity contribution in [3.63, 3.8) is 0 Å². The Kier molecular flexibility index (Phi) is 29.7. The van der Waals surface area contributed by atoms with E-state index in [1.165, 1.54) is 6.92 Å². The van der Waals surface area contributed by atoms with E-state index in [0.717, 1.165) is 32.1 Å². The minimum Gasteiger partial charge on any atom is -0.393 e. The Hall–Kier alpha value is -5.39. The van der Waals surface area contributed by atoms with Crippen molar-refractivity contribution in [1.29, 1.82) is 0 Å². The molecule has 10 atom stereocenters. The fourth-order valence-electron chi connectivity index (χ4n) is 8.37. The third kappa shape index (κ3) is 23.0. The van der Waals surface area contributed by atoms with Crippen LogP contribution in [0.5, 0.6) is 0 Å². The molecule has 22 heteroatoms. The molecule has 17 N–H and O–H groups in total. The van der Waals surface area contributed by atoms with E-state index in [9.17, 15) is 53.4 Å². The summed E-state index contributed by atoms with van der Waals surface area (Å²) in [5.41, 5.74) is 24.2. The molecule has 72 heavy (non-hydrogen) atoms. The maximum absolute atomic E-state index is 14.3. The Morgan fingerprint density at radius 3 is 1.79 bits per heavy atom. The van der Waals surface area contributed by atoms with Crippen molar-refractivity contribution >= 4 is 52.9 Å². The van der Waals surface area contributed by atoms with Gasteiger partial charge in [0.05, 0.1) is 24.2 Å². The van der Waals surface area contributed by atoms with Gasteiger partial charge in [0.15, 0.2) is 5.78 Å². The van der Waals surface area contributed by atoms with Crippen LogP contribution in [0.4, 0.5) is 0 Å². The molecule has 406 valence electrons. The standard InChI is InChI=1S/C50H85N11O11/c1-5-6-7-8-12-15-34(63)27-35(64)26-33(16-20-51)44(66)56-39-19-23-55-45(67)36(31(4)62)28-43(65)42(29-54)61-47(69)38(18-22-53)58-49(71)40(24-30(2)3)59-50(72)41(25-32-13-10-9-11-14-32)60-46(68)37(17-21-52)57-48(39)70/h9-11,13-14,30-31,33-34,36-42,62-63H,5-8,12,15-29,51-54H2,1-4H3,(H,55,67)(H,56,66)(H,57,70)(H,58,71)(H,59,72)(H,60,68)(H,61,69)/t31-,33+,34-,36+,37+,38+,39+,40+,41-,42+/m1/s1. The van der Waals surface area contributed by atoms with Crippen LogP contribution < -0.4 is 60.2 Å². The zero-order valence-corrected chi connectivity index (χ0v) is 42.8. The molecule has 0 aliphatic carbocycles. The highest BCUT2D eigenvalue weighted by Gasteiger charge is 2.36. The van der Waals surface area contributed by atoms with Gasteiger partial charge in [-0.05, 0) is 76.6 Å². The maximum atomic E-state index is 14.3. The Bertz CT molecular complexity index is 1890. The number of ketones is 2. The molecule has 1 aliphatic heterocycles. The summed E-state index contributed by atoms with van der Waals surface area (Å²) in [5.74, 6) is -9.29. The van der Waals surface area contributed by atoms with Gasteiger partial charge >= 0.3 is 0 Å². The average molecular weight is 1020 g/mol. The third-order valence-electron chi connectivity index (χ3n) is 12.5. The lowest BCUT2D eigenvalue weighted by atomic mass is 9.93. The molecule has 0 bridgehead atoms. The number of benzene rings is 1. The van der Waals surface area contributed by atoms with Crippen LogP contribution in [0.3, 0.4) is 0 Å². The molecule has 7 amide bonds. The number of carbonyl (C=O) groups is 9. The first-order chi connectivity index (χ1) is 34.3. The van der Waals surface area contributed by atoms with Crippen LogP contribution in [0.25, 0.3) is 0 Å². The van der Waals surface area contributed by atoms with Crippen LogP contribution in [-0.2, 0) is 49.6 Å². The summed E-state index contributed by atoms with van der Waals surface area (Å²) in [5, 5.41) is 39.8. The summed E-state index contributed by atoms with van der Waals surface area (Å²) in [4.78, 5) is 125. The zero-order valence-electron chi connectivity index (χ0n) is 42.8. The molecule has 1 saturated heterocycles. The van der Waals surface area contributed by atoms with E-state index in [1.807, 2.05) is 13.8 Å². The van der Waals surface area contributed by atoms with E-state index >= 15 is 0 Å². The van der Waals surface area contributed by atoms with Crippen LogP contribution in [0.15, 0.2) is 30.3 Å². The number of aliphatic hydroxyl groups excluding tert-OH is 2. The molecule has 1 aromatic carbocycles. The number of unbranched alkanes of at least 4 members (excludes halogenated alkanes) is 4. The molecule has 0 aromatic heterocycles. The smallest absolute Gasteiger partial charge is 0.243 e. The van der Waals surface area contributed by atoms with Crippen LogP contribution >= 0.6 is 0 Å². The number of nitrogens with two attached hydrogens (primary N) is 4. The van der Waals surface area contributed by atoms with E-state index in [2.05, 4.69) is 44.1 Å². The first kappa shape index (κ1) is 62.7. The first-order valence-electron chi connectivity index (χ1n) is 25.6. The lowest BCUT2D eigenvalue weighted by molar-refractivity contribution is -0.136. The summed E-state index contributed by atoms with van der Waals surface area (Å²) in [7, 11) is 0. The predicted molar refractivity (Wildman–Crippen MR) is 271 cm³/mol. The minimum atomic E-state index is -1.47. The van der Waals surface area contributed by atoms with E-state index in [4.69, 9.17) is 22.9 Å². The quantitative estimate of drug-likeness (QED) is 0.0516. The van der Waals surface area contributed by atoms with Gasteiger partial charge in [0.1, 0.15) is 36.0 Å². The molecule has 0 spiro atoms. The molecule has 0 unspecified atom stereocenters. The third-order valence-corrected chi connectivity index (χ3v) is 12.5. The van der Waals surface area contributed by atoms with Gasteiger partial charge in [-0.15, -0.1) is 0 Å². The summed E-state index contributed by atoms with van der Waals surface area (Å²) in [6.45, 7) is 6.08. The van der Waals surface area contributed by atoms with Crippen molar-refractivity contribution in [3.8, 4) is 0 Å². The van der Waals surface area contributed by atoms with Crippen molar-refractivity contribution in [2.75, 3.05) is 32.7 Å². The van der Waals surface area contributed by atoms with E-state index in [0.29, 0.717) is 12.0 Å². The Morgan fingerprint density at radius 2 is 1.22 bits per heavy atom. The highest BCUT2D eigenvalue weighted by molar-refractivity contribution is 5.98. The summed E-state index contributed by atoms with van der Waals surface area (Å²) in [6, 6.07) is 0.605. The second-order valence-electron chi connectivity index (χ2n) is 19.3. The SMILES string of the molecule is CCCCCCC[C@@H](O)CC(=O)C[C@H](CCN)C(=O)N[C@H]1CCNC(=O)[C@H]([C@@H](C)O)CC(=O)[C@H](CN)NC(=O)[C@H](CCN)NC(=O)[C@H](CC(C)C)NC(=O)[C@@H](Cc2ccccc2)NC(=O)[C@H](CCN)NC1=O. The highest BCUT2D eigenvalue weighted by Crippen LogP contribution is 2.17. The molecule has 1 aromatic rings. The number of hydrogen-bond acceptors (Lipinski definition) is 15. The van der Waals surface area contributed by atoms with Crippen LogP contribution in [-0.4, -0.2) is 144 Å². The van der Waals surface area contributed by atoms with Crippen LogP contribution in [0.2, 0.25) is 0 Å². The van der Waals surface area contributed by atoms with Crippen molar-refractivity contribution in [2.24, 2.45) is 40.7 Å². The Morgan fingerprint density at radius 1 is 0.667 bits per heavy atom. The number of nitrogens with one attached hydrogen (secondary N) is 7. The normalized spacial score (nSPS) is 23.9. The van der Waals surface area contributed by atoms with Gasteiger partial charge in [-0.3, -0.25) is 43.2 Å². The molecule has 22 nitrogen and oxygen atoms in total. The molecule has 0 saturated carbocycles. The van der Waals surface area contributed by atoms with Crippen LogP contribution in [0, 0.1) is 17.8 Å². The molecule has 1 fully saturated rings. The fourth-order valence-corrected chi connectivity index (χ4v) is 8.37. The number of Topliss-reactive ketones (excluding diaryl/α,β-unsaturated/α-hetero) is 2.